The third kappa shape index (κ3) is 3.38. The van der Waals surface area contributed by atoms with Crippen LogP contribution in [0.15, 0.2) is 146 Å². The molecular formula is C38H24. The van der Waals surface area contributed by atoms with Crippen molar-refractivity contribution in [3.63, 3.8) is 0 Å². The van der Waals surface area contributed by atoms with Gasteiger partial charge in [0.15, 0.2) is 0 Å². The SMILES string of the molecule is c1ccc2cc3c(-c4ccc5cc(-c6cccc7cc8ccccc8cc67)ccc5c4)cccc3cc2c1. The first-order valence-electron chi connectivity index (χ1n) is 13.2. The first-order chi connectivity index (χ1) is 18.8. The highest BCUT2D eigenvalue weighted by molar-refractivity contribution is 6.07. The van der Waals surface area contributed by atoms with Crippen molar-refractivity contribution in [3.05, 3.63) is 146 Å². The number of hydrogen-bond acceptors (Lipinski definition) is 0. The summed E-state index contributed by atoms with van der Waals surface area (Å²) in [4.78, 5) is 0. The van der Waals surface area contributed by atoms with Gasteiger partial charge in [-0.25, -0.2) is 0 Å². The zero-order valence-corrected chi connectivity index (χ0v) is 20.9. The molecule has 38 heavy (non-hydrogen) atoms. The molecule has 0 radical (unpaired) electrons. The summed E-state index contributed by atoms with van der Waals surface area (Å²) in [7, 11) is 0. The summed E-state index contributed by atoms with van der Waals surface area (Å²) in [5, 5.41) is 12.8. The molecule has 0 spiro atoms. The lowest BCUT2D eigenvalue weighted by molar-refractivity contribution is 1.67. The summed E-state index contributed by atoms with van der Waals surface area (Å²) in [5.41, 5.74) is 5.06. The van der Waals surface area contributed by atoms with Crippen LogP contribution in [0.3, 0.4) is 0 Å². The number of hydrogen-bond donors (Lipinski definition) is 0. The minimum atomic E-state index is 1.25. The van der Waals surface area contributed by atoms with Gasteiger partial charge in [0.2, 0.25) is 0 Å². The van der Waals surface area contributed by atoms with E-state index in [1.54, 1.807) is 0 Å². The fourth-order valence-electron chi connectivity index (χ4n) is 6.02. The summed E-state index contributed by atoms with van der Waals surface area (Å²) >= 11 is 0. The molecule has 0 amide bonds. The number of benzene rings is 8. The van der Waals surface area contributed by atoms with Crippen molar-refractivity contribution in [2.75, 3.05) is 0 Å². The Hall–Kier alpha value is -4.94. The summed E-state index contributed by atoms with van der Waals surface area (Å²) in [6.45, 7) is 0. The van der Waals surface area contributed by atoms with Gasteiger partial charge in [-0.2, -0.15) is 0 Å². The first-order valence-corrected chi connectivity index (χ1v) is 13.2. The maximum atomic E-state index is 2.33. The Bertz CT molecular complexity index is 2020. The molecule has 0 aliphatic heterocycles. The molecule has 0 aromatic heterocycles. The Morgan fingerprint density at radius 2 is 0.605 bits per heavy atom. The third-order valence-corrected chi connectivity index (χ3v) is 7.96. The zero-order valence-electron chi connectivity index (χ0n) is 20.9. The Morgan fingerprint density at radius 1 is 0.237 bits per heavy atom. The maximum absolute atomic E-state index is 2.33. The fraction of sp³-hybridized carbons (Fsp3) is 0. The zero-order chi connectivity index (χ0) is 25.1. The second-order valence-corrected chi connectivity index (χ2v) is 10.2. The third-order valence-electron chi connectivity index (χ3n) is 7.96. The van der Waals surface area contributed by atoms with E-state index < -0.39 is 0 Å². The van der Waals surface area contributed by atoms with Crippen LogP contribution in [0.4, 0.5) is 0 Å². The van der Waals surface area contributed by atoms with Crippen LogP contribution < -0.4 is 0 Å². The summed E-state index contributed by atoms with van der Waals surface area (Å²) in [6, 6.07) is 53.5. The molecular weight excluding hydrogens is 456 g/mol. The van der Waals surface area contributed by atoms with E-state index in [0.29, 0.717) is 0 Å². The van der Waals surface area contributed by atoms with Gasteiger partial charge in [-0.15, -0.1) is 0 Å². The quantitative estimate of drug-likeness (QED) is 0.216. The molecule has 0 nitrogen and oxygen atoms in total. The molecule has 0 aliphatic rings. The molecule has 8 rings (SSSR count). The average Bonchev–Trinajstić information content (AvgIpc) is 2.98. The van der Waals surface area contributed by atoms with E-state index >= 15 is 0 Å². The molecule has 176 valence electrons. The molecule has 0 saturated heterocycles. The summed E-state index contributed by atoms with van der Waals surface area (Å²) < 4.78 is 0. The minimum absolute atomic E-state index is 1.25. The molecule has 0 atom stereocenters. The van der Waals surface area contributed by atoms with E-state index in [0.717, 1.165) is 0 Å². The topological polar surface area (TPSA) is 0 Å². The van der Waals surface area contributed by atoms with Crippen molar-refractivity contribution in [2.45, 2.75) is 0 Å². The van der Waals surface area contributed by atoms with Crippen LogP contribution in [0.5, 0.6) is 0 Å². The van der Waals surface area contributed by atoms with Crippen molar-refractivity contribution >= 4 is 53.9 Å². The maximum Gasteiger partial charge on any atom is -0.00990 e. The lowest BCUT2D eigenvalue weighted by Gasteiger charge is -2.12. The molecule has 8 aromatic rings. The van der Waals surface area contributed by atoms with Gasteiger partial charge in [0.25, 0.3) is 0 Å². The predicted octanol–water partition coefficient (Wildman–Crippen LogP) is 10.8. The Morgan fingerprint density at radius 3 is 1.05 bits per heavy atom. The molecule has 0 heteroatoms. The lowest BCUT2D eigenvalue weighted by Crippen LogP contribution is -1.85. The number of rotatable bonds is 2. The van der Waals surface area contributed by atoms with Crippen LogP contribution in [-0.4, -0.2) is 0 Å². The van der Waals surface area contributed by atoms with Gasteiger partial charge in [0.1, 0.15) is 0 Å². The molecule has 0 fully saturated rings. The van der Waals surface area contributed by atoms with Crippen LogP contribution in [0, 0.1) is 0 Å². The normalized spacial score (nSPS) is 11.7. The van der Waals surface area contributed by atoms with Gasteiger partial charge < -0.3 is 0 Å². The van der Waals surface area contributed by atoms with Crippen molar-refractivity contribution < 1.29 is 0 Å². The van der Waals surface area contributed by atoms with Crippen LogP contribution in [0.2, 0.25) is 0 Å². The van der Waals surface area contributed by atoms with Gasteiger partial charge in [-0.05, 0) is 113 Å². The highest BCUT2D eigenvalue weighted by Gasteiger charge is 2.09. The van der Waals surface area contributed by atoms with Crippen LogP contribution in [-0.2, 0) is 0 Å². The van der Waals surface area contributed by atoms with E-state index in [9.17, 15) is 0 Å². The van der Waals surface area contributed by atoms with E-state index in [4.69, 9.17) is 0 Å². The number of fused-ring (bicyclic) bond motifs is 5. The highest BCUT2D eigenvalue weighted by atomic mass is 14.1. The average molecular weight is 481 g/mol. The predicted molar refractivity (Wildman–Crippen MR) is 165 cm³/mol. The van der Waals surface area contributed by atoms with E-state index in [1.165, 1.54) is 76.1 Å². The first kappa shape index (κ1) is 21.2. The second-order valence-electron chi connectivity index (χ2n) is 10.2. The van der Waals surface area contributed by atoms with E-state index in [1.807, 2.05) is 0 Å². The van der Waals surface area contributed by atoms with Crippen molar-refractivity contribution in [2.24, 2.45) is 0 Å². The molecule has 0 heterocycles. The van der Waals surface area contributed by atoms with Crippen LogP contribution in [0.25, 0.3) is 76.1 Å². The van der Waals surface area contributed by atoms with Gasteiger partial charge in [-0.1, -0.05) is 109 Å². The largest absolute Gasteiger partial charge is 0.0616 e. The van der Waals surface area contributed by atoms with Gasteiger partial charge >= 0.3 is 0 Å². The van der Waals surface area contributed by atoms with Crippen LogP contribution in [0.1, 0.15) is 0 Å². The minimum Gasteiger partial charge on any atom is -0.0616 e. The molecule has 0 aliphatic carbocycles. The second kappa shape index (κ2) is 8.30. The van der Waals surface area contributed by atoms with Crippen molar-refractivity contribution in [1.29, 1.82) is 0 Å². The van der Waals surface area contributed by atoms with Gasteiger partial charge in [0.05, 0.1) is 0 Å². The smallest absolute Gasteiger partial charge is 0.00990 e. The molecule has 0 unspecified atom stereocenters. The standard InChI is InChI=1S/C38H24/c1-3-9-27-23-37-31(19-25(27)7-1)11-5-13-35(37)33-17-15-30-22-34(18-16-29(30)21-33)36-14-6-12-32-20-26-8-2-4-10-28(26)24-38(32)36/h1-24H. The molecule has 0 saturated carbocycles. The summed E-state index contributed by atoms with van der Waals surface area (Å²) in [5.74, 6) is 0. The molecule has 0 bridgehead atoms. The van der Waals surface area contributed by atoms with E-state index in [-0.39, 0.29) is 0 Å². The Labute approximate surface area is 221 Å². The Kier molecular flexibility index (Phi) is 4.62. The Balaban J connectivity index is 1.26. The van der Waals surface area contributed by atoms with Crippen molar-refractivity contribution in [3.8, 4) is 22.3 Å². The molecule has 0 N–H and O–H groups in total. The van der Waals surface area contributed by atoms with Crippen LogP contribution >= 0.6 is 0 Å². The van der Waals surface area contributed by atoms with Crippen molar-refractivity contribution in [1.82, 2.24) is 0 Å². The van der Waals surface area contributed by atoms with Gasteiger partial charge in [0, 0.05) is 0 Å². The lowest BCUT2D eigenvalue weighted by atomic mass is 9.92. The fourth-order valence-corrected chi connectivity index (χ4v) is 6.02. The van der Waals surface area contributed by atoms with Gasteiger partial charge in [-0.3, -0.25) is 0 Å². The summed E-state index contributed by atoms with van der Waals surface area (Å²) in [6.07, 6.45) is 0. The monoisotopic (exact) mass is 480 g/mol. The van der Waals surface area contributed by atoms with E-state index in [2.05, 4.69) is 146 Å². The molecule has 8 aromatic carbocycles. The highest BCUT2D eigenvalue weighted by Crippen LogP contribution is 2.36.